The van der Waals surface area contributed by atoms with E-state index >= 15 is 0 Å². The third kappa shape index (κ3) is 1.26. The van der Waals surface area contributed by atoms with Crippen LogP contribution in [0.25, 0.3) is 0 Å². The fraction of sp³-hybridized carbons (Fsp3) is 0.900. The van der Waals surface area contributed by atoms with Gasteiger partial charge in [0, 0.05) is 12.6 Å². The third-order valence-corrected chi connectivity index (χ3v) is 3.70. The van der Waals surface area contributed by atoms with Gasteiger partial charge in [-0.1, -0.05) is 0 Å². The van der Waals surface area contributed by atoms with Crippen LogP contribution in [0, 0.1) is 17.8 Å². The predicted octanol–water partition coefficient (Wildman–Crippen LogP) is 0.120. The molecule has 2 aliphatic carbocycles. The molecule has 2 saturated carbocycles. The maximum Gasteiger partial charge on any atom is 0.225 e. The van der Waals surface area contributed by atoms with Gasteiger partial charge in [0.1, 0.15) is 0 Å². The Kier molecular flexibility index (Phi) is 1.62. The third-order valence-electron chi connectivity index (χ3n) is 3.70. The summed E-state index contributed by atoms with van der Waals surface area (Å²) in [6.45, 7) is 1.99. The Morgan fingerprint density at radius 1 is 1.46 bits per heavy atom. The zero-order valence-electron chi connectivity index (χ0n) is 7.75. The van der Waals surface area contributed by atoms with Crippen molar-refractivity contribution in [3.05, 3.63) is 0 Å². The van der Waals surface area contributed by atoms with E-state index in [1.165, 1.54) is 19.3 Å². The van der Waals surface area contributed by atoms with Gasteiger partial charge in [0.15, 0.2) is 0 Å². The van der Waals surface area contributed by atoms with Crippen LogP contribution in [0.15, 0.2) is 0 Å². The van der Waals surface area contributed by atoms with Gasteiger partial charge >= 0.3 is 0 Å². The summed E-state index contributed by atoms with van der Waals surface area (Å²) in [7, 11) is 0. The van der Waals surface area contributed by atoms with Crippen LogP contribution in [0.1, 0.15) is 19.3 Å². The molecular weight excluding hydrogens is 164 g/mol. The van der Waals surface area contributed by atoms with Gasteiger partial charge in [-0.15, -0.1) is 0 Å². The molecule has 4 fully saturated rings. The van der Waals surface area contributed by atoms with Gasteiger partial charge in [-0.05, 0) is 37.6 Å². The number of nitrogens with one attached hydrogen (secondary N) is 2. The summed E-state index contributed by atoms with van der Waals surface area (Å²) < 4.78 is 0. The van der Waals surface area contributed by atoms with E-state index < -0.39 is 0 Å². The number of amides is 1. The molecule has 2 saturated heterocycles. The van der Waals surface area contributed by atoms with Crippen molar-refractivity contribution in [3.8, 4) is 0 Å². The molecule has 2 N–H and O–H groups in total. The summed E-state index contributed by atoms with van der Waals surface area (Å²) in [4.78, 5) is 11.7. The van der Waals surface area contributed by atoms with Gasteiger partial charge < -0.3 is 10.6 Å². The molecule has 0 aromatic carbocycles. The van der Waals surface area contributed by atoms with Gasteiger partial charge in [0.2, 0.25) is 5.91 Å². The molecule has 1 amide bonds. The zero-order valence-corrected chi connectivity index (χ0v) is 7.75. The van der Waals surface area contributed by atoms with Crippen LogP contribution in [0.4, 0.5) is 0 Å². The molecule has 0 radical (unpaired) electrons. The fourth-order valence-corrected chi connectivity index (χ4v) is 2.56. The Labute approximate surface area is 78.3 Å². The molecule has 0 aromatic rings. The Morgan fingerprint density at radius 2 is 2.31 bits per heavy atom. The van der Waals surface area contributed by atoms with Crippen LogP contribution in [0.2, 0.25) is 0 Å². The Morgan fingerprint density at radius 3 is 2.85 bits per heavy atom. The van der Waals surface area contributed by atoms with E-state index in [1.54, 1.807) is 0 Å². The molecule has 72 valence electrons. The Hall–Kier alpha value is -0.570. The average molecular weight is 180 g/mol. The van der Waals surface area contributed by atoms with Crippen LogP contribution >= 0.6 is 0 Å². The topological polar surface area (TPSA) is 41.1 Å². The van der Waals surface area contributed by atoms with E-state index in [0.717, 1.165) is 19.0 Å². The highest BCUT2D eigenvalue weighted by Crippen LogP contribution is 2.40. The maximum absolute atomic E-state index is 11.7. The van der Waals surface area contributed by atoms with Crippen LogP contribution in [-0.2, 0) is 4.79 Å². The van der Waals surface area contributed by atoms with Crippen molar-refractivity contribution in [2.45, 2.75) is 25.3 Å². The maximum atomic E-state index is 11.7. The number of fused-ring (bicyclic) bond motifs is 1. The van der Waals surface area contributed by atoms with Gasteiger partial charge in [-0.25, -0.2) is 0 Å². The molecule has 3 unspecified atom stereocenters. The number of carbonyl (C=O) groups excluding carboxylic acids is 1. The molecule has 2 heterocycles. The molecule has 2 aliphatic heterocycles. The summed E-state index contributed by atoms with van der Waals surface area (Å²) in [5.74, 6) is 2.05. The Bertz CT molecular complexity index is 223. The van der Waals surface area contributed by atoms with Gasteiger partial charge in [0.25, 0.3) is 0 Å². The quantitative estimate of drug-likeness (QED) is 0.647. The van der Waals surface area contributed by atoms with Crippen molar-refractivity contribution in [1.82, 2.24) is 10.6 Å². The summed E-state index contributed by atoms with van der Waals surface area (Å²) in [5, 5.41) is 6.44. The van der Waals surface area contributed by atoms with Crippen molar-refractivity contribution in [1.29, 1.82) is 0 Å². The second-order valence-corrected chi connectivity index (χ2v) is 4.72. The molecule has 3 heteroatoms. The summed E-state index contributed by atoms with van der Waals surface area (Å²) in [6, 6.07) is 0.504. The first-order chi connectivity index (χ1) is 6.34. The van der Waals surface area contributed by atoms with Crippen molar-refractivity contribution < 1.29 is 4.79 Å². The molecule has 13 heavy (non-hydrogen) atoms. The summed E-state index contributed by atoms with van der Waals surface area (Å²) >= 11 is 0. The van der Waals surface area contributed by atoms with Gasteiger partial charge in [-0.2, -0.15) is 0 Å². The first-order valence-electron chi connectivity index (χ1n) is 5.35. The van der Waals surface area contributed by atoms with E-state index in [-0.39, 0.29) is 0 Å². The van der Waals surface area contributed by atoms with Gasteiger partial charge in [0.05, 0.1) is 5.92 Å². The monoisotopic (exact) mass is 180 g/mol. The molecular formula is C10H16N2O. The lowest BCUT2D eigenvalue weighted by Gasteiger charge is -2.32. The normalized spacial score (nSPS) is 41.4. The van der Waals surface area contributed by atoms with Crippen molar-refractivity contribution in [2.75, 3.05) is 13.1 Å². The number of hydrogen-bond donors (Lipinski definition) is 2. The largest absolute Gasteiger partial charge is 0.356 e. The number of carbonyl (C=O) groups is 1. The second-order valence-electron chi connectivity index (χ2n) is 4.72. The van der Waals surface area contributed by atoms with Gasteiger partial charge in [-0.3, -0.25) is 4.79 Å². The summed E-state index contributed by atoms with van der Waals surface area (Å²) in [6.07, 6.45) is 3.85. The fourth-order valence-electron chi connectivity index (χ4n) is 2.56. The minimum Gasteiger partial charge on any atom is -0.356 e. The highest BCUT2D eigenvalue weighted by molar-refractivity contribution is 5.81. The van der Waals surface area contributed by atoms with E-state index in [4.69, 9.17) is 0 Å². The molecule has 4 rings (SSSR count). The molecule has 4 aliphatic rings. The van der Waals surface area contributed by atoms with Crippen LogP contribution < -0.4 is 10.6 Å². The SMILES string of the molecule is O=C(NCC1CC1)C1C2CNC1C2. The molecule has 2 bridgehead atoms. The predicted molar refractivity (Wildman–Crippen MR) is 49.1 cm³/mol. The molecule has 0 aromatic heterocycles. The van der Waals surface area contributed by atoms with E-state index in [9.17, 15) is 4.79 Å². The summed E-state index contributed by atoms with van der Waals surface area (Å²) in [5.41, 5.74) is 0. The smallest absolute Gasteiger partial charge is 0.225 e. The zero-order chi connectivity index (χ0) is 8.84. The van der Waals surface area contributed by atoms with Crippen molar-refractivity contribution in [2.24, 2.45) is 17.8 Å². The number of rotatable bonds is 3. The van der Waals surface area contributed by atoms with E-state index in [0.29, 0.717) is 23.8 Å². The lowest BCUT2D eigenvalue weighted by molar-refractivity contribution is -0.129. The van der Waals surface area contributed by atoms with E-state index in [1.807, 2.05) is 0 Å². The van der Waals surface area contributed by atoms with Crippen molar-refractivity contribution >= 4 is 5.91 Å². The molecule has 3 atom stereocenters. The number of hydrogen-bond acceptors (Lipinski definition) is 2. The Balaban J connectivity index is 1.50. The molecule has 3 nitrogen and oxygen atoms in total. The first kappa shape index (κ1) is 7.80. The first-order valence-corrected chi connectivity index (χ1v) is 5.35. The van der Waals surface area contributed by atoms with Crippen LogP contribution in [0.3, 0.4) is 0 Å². The van der Waals surface area contributed by atoms with Crippen LogP contribution in [-0.4, -0.2) is 25.0 Å². The lowest BCUT2D eigenvalue weighted by Crippen LogP contribution is -2.47. The van der Waals surface area contributed by atoms with Crippen molar-refractivity contribution in [3.63, 3.8) is 0 Å². The minimum atomic E-state index is 0.304. The lowest BCUT2D eigenvalue weighted by atomic mass is 9.73. The molecule has 0 spiro atoms. The van der Waals surface area contributed by atoms with E-state index in [2.05, 4.69) is 10.6 Å². The second kappa shape index (κ2) is 2.71. The highest BCUT2D eigenvalue weighted by Gasteiger charge is 2.50. The standard InChI is InChI=1S/C10H16N2O/c13-10(12-4-6-1-2-6)9-7-3-8(9)11-5-7/h6-9,11H,1-5H2,(H,12,13). The average Bonchev–Trinajstić information content (AvgIpc) is 2.62. The highest BCUT2D eigenvalue weighted by atomic mass is 16.2. The minimum absolute atomic E-state index is 0.304. The van der Waals surface area contributed by atoms with Crippen LogP contribution in [0.5, 0.6) is 0 Å².